The summed E-state index contributed by atoms with van der Waals surface area (Å²) in [6.07, 6.45) is 1.37. The van der Waals surface area contributed by atoms with Crippen molar-refractivity contribution in [3.63, 3.8) is 0 Å². The van der Waals surface area contributed by atoms with Crippen LogP contribution >= 0.6 is 0 Å². The highest BCUT2D eigenvalue weighted by Crippen LogP contribution is 2.40. The van der Waals surface area contributed by atoms with Crippen molar-refractivity contribution in [3.8, 4) is 23.0 Å². The van der Waals surface area contributed by atoms with E-state index in [1.807, 2.05) is 12.1 Å². The molecular formula is C27H32F3N3O4. The van der Waals surface area contributed by atoms with Gasteiger partial charge in [0.25, 0.3) is 0 Å². The van der Waals surface area contributed by atoms with Gasteiger partial charge in [0.2, 0.25) is 5.75 Å². The molecule has 0 bridgehead atoms. The predicted molar refractivity (Wildman–Crippen MR) is 137 cm³/mol. The van der Waals surface area contributed by atoms with Crippen LogP contribution in [0.4, 0.5) is 18.9 Å². The molecule has 0 atom stereocenters. The van der Waals surface area contributed by atoms with Crippen LogP contribution in [-0.2, 0) is 0 Å². The highest BCUT2D eigenvalue weighted by molar-refractivity contribution is 5.73. The SMILES string of the molecule is COc1cc(C2=CC(CN(c3ccc(OC(F)(F)F)cc3)C3CCNCC3)=CCN2)cc(OC)c1OC. The number of hydrogen-bond acceptors (Lipinski definition) is 7. The Morgan fingerprint density at radius 3 is 2.16 bits per heavy atom. The minimum atomic E-state index is -4.72. The highest BCUT2D eigenvalue weighted by Gasteiger charge is 2.31. The van der Waals surface area contributed by atoms with Gasteiger partial charge in [-0.1, -0.05) is 6.08 Å². The summed E-state index contributed by atoms with van der Waals surface area (Å²) in [4.78, 5) is 2.26. The maximum atomic E-state index is 12.6. The van der Waals surface area contributed by atoms with Gasteiger partial charge in [0.1, 0.15) is 5.75 Å². The summed E-state index contributed by atoms with van der Waals surface area (Å²) in [5.74, 6) is 1.42. The van der Waals surface area contributed by atoms with Crippen molar-refractivity contribution < 1.29 is 32.1 Å². The first-order valence-corrected chi connectivity index (χ1v) is 12.1. The Bertz CT molecular complexity index is 1100. The lowest BCUT2D eigenvalue weighted by Gasteiger charge is -2.37. The average Bonchev–Trinajstić information content (AvgIpc) is 2.91. The van der Waals surface area contributed by atoms with E-state index in [9.17, 15) is 13.2 Å². The van der Waals surface area contributed by atoms with Crippen LogP contribution in [0.5, 0.6) is 23.0 Å². The van der Waals surface area contributed by atoms with Gasteiger partial charge in [0.15, 0.2) is 11.5 Å². The Morgan fingerprint density at radius 2 is 1.59 bits per heavy atom. The second-order valence-corrected chi connectivity index (χ2v) is 8.78. The largest absolute Gasteiger partial charge is 0.573 e. The molecule has 2 aliphatic rings. The van der Waals surface area contributed by atoms with Gasteiger partial charge in [-0.3, -0.25) is 0 Å². The Kier molecular flexibility index (Phi) is 8.38. The zero-order valence-corrected chi connectivity index (χ0v) is 21.2. The lowest BCUT2D eigenvalue weighted by atomic mass is 10.0. The van der Waals surface area contributed by atoms with Crippen LogP contribution in [0.25, 0.3) is 5.70 Å². The normalized spacial score (nSPS) is 16.3. The molecule has 1 saturated heterocycles. The molecule has 2 aliphatic heterocycles. The number of benzene rings is 2. The van der Waals surface area contributed by atoms with Crippen LogP contribution in [-0.4, -0.2) is 59.9 Å². The zero-order chi connectivity index (χ0) is 26.4. The lowest BCUT2D eigenvalue weighted by Crippen LogP contribution is -2.44. The number of methoxy groups -OCH3 is 3. The van der Waals surface area contributed by atoms with Crippen molar-refractivity contribution in [1.82, 2.24) is 10.6 Å². The van der Waals surface area contributed by atoms with Gasteiger partial charge in [0.05, 0.1) is 21.3 Å². The number of ether oxygens (including phenoxy) is 4. The number of nitrogens with one attached hydrogen (secondary N) is 2. The standard InChI is InChI=1S/C27H32F3N3O4/c1-34-24-15-19(16-25(35-2)26(24)36-3)23-14-18(8-13-32-23)17-33(21-9-11-31-12-10-21)20-4-6-22(7-5-20)37-27(28,29)30/h4-8,14-16,21,31-32H,9-13,17H2,1-3H3. The first kappa shape index (κ1) is 26.5. The van der Waals surface area contributed by atoms with Crippen molar-refractivity contribution >= 4 is 11.4 Å². The minimum absolute atomic E-state index is 0.229. The summed E-state index contributed by atoms with van der Waals surface area (Å²) in [6.45, 7) is 3.03. The second kappa shape index (κ2) is 11.7. The van der Waals surface area contributed by atoms with Crippen LogP contribution in [0.3, 0.4) is 0 Å². The molecule has 2 heterocycles. The predicted octanol–water partition coefficient (Wildman–Crippen LogP) is 4.74. The van der Waals surface area contributed by atoms with Crippen LogP contribution in [0, 0.1) is 0 Å². The minimum Gasteiger partial charge on any atom is -0.493 e. The van der Waals surface area contributed by atoms with Gasteiger partial charge >= 0.3 is 6.36 Å². The van der Waals surface area contributed by atoms with Gasteiger partial charge in [-0.2, -0.15) is 0 Å². The topological polar surface area (TPSA) is 64.2 Å². The van der Waals surface area contributed by atoms with Crippen molar-refractivity contribution in [1.29, 1.82) is 0 Å². The molecule has 0 saturated carbocycles. The van der Waals surface area contributed by atoms with Crippen LogP contribution in [0.15, 0.2) is 54.1 Å². The van der Waals surface area contributed by atoms with E-state index >= 15 is 0 Å². The molecule has 2 N–H and O–H groups in total. The highest BCUT2D eigenvalue weighted by atomic mass is 19.4. The van der Waals surface area contributed by atoms with Gasteiger partial charge in [-0.25, -0.2) is 0 Å². The fraction of sp³-hybridized carbons (Fsp3) is 0.407. The number of anilines is 1. The summed E-state index contributed by atoms with van der Waals surface area (Å²) in [7, 11) is 4.73. The van der Waals surface area contributed by atoms with E-state index in [1.54, 1.807) is 33.5 Å². The molecule has 7 nitrogen and oxygen atoms in total. The monoisotopic (exact) mass is 519 g/mol. The molecule has 200 valence electrons. The summed E-state index contributed by atoms with van der Waals surface area (Å²) >= 11 is 0. The first-order chi connectivity index (χ1) is 17.8. The van der Waals surface area contributed by atoms with E-state index in [0.29, 0.717) is 30.3 Å². The van der Waals surface area contributed by atoms with Crippen molar-refractivity contribution in [3.05, 3.63) is 59.7 Å². The molecule has 0 unspecified atom stereocenters. The molecule has 0 spiro atoms. The quantitative estimate of drug-likeness (QED) is 0.496. The van der Waals surface area contributed by atoms with E-state index in [0.717, 1.165) is 48.5 Å². The molecular weight excluding hydrogens is 487 g/mol. The summed E-state index contributed by atoms with van der Waals surface area (Å²) in [5, 5.41) is 6.79. The van der Waals surface area contributed by atoms with E-state index in [-0.39, 0.29) is 11.8 Å². The van der Waals surface area contributed by atoms with E-state index in [4.69, 9.17) is 14.2 Å². The molecule has 0 amide bonds. The first-order valence-electron chi connectivity index (χ1n) is 12.1. The molecule has 10 heteroatoms. The Labute approximate surface area is 214 Å². The van der Waals surface area contributed by atoms with Crippen molar-refractivity contribution in [2.45, 2.75) is 25.2 Å². The number of alkyl halides is 3. The Hall–Kier alpha value is -3.53. The molecule has 2 aromatic rings. The maximum absolute atomic E-state index is 12.6. The fourth-order valence-electron chi connectivity index (χ4n) is 4.71. The summed E-state index contributed by atoms with van der Waals surface area (Å²) in [5.41, 5.74) is 3.75. The molecule has 1 fully saturated rings. The molecule has 0 aromatic heterocycles. The Morgan fingerprint density at radius 1 is 0.946 bits per heavy atom. The average molecular weight is 520 g/mol. The van der Waals surface area contributed by atoms with E-state index in [2.05, 4.69) is 32.4 Å². The molecule has 37 heavy (non-hydrogen) atoms. The van der Waals surface area contributed by atoms with E-state index < -0.39 is 6.36 Å². The number of piperidine rings is 1. The maximum Gasteiger partial charge on any atom is 0.573 e. The number of rotatable bonds is 9. The second-order valence-electron chi connectivity index (χ2n) is 8.78. The molecule has 4 rings (SSSR count). The third-order valence-corrected chi connectivity index (χ3v) is 6.47. The van der Waals surface area contributed by atoms with Gasteiger partial charge < -0.3 is 34.5 Å². The summed E-state index contributed by atoms with van der Waals surface area (Å²) < 4.78 is 58.4. The number of dihydropyridines is 1. The Balaban J connectivity index is 1.60. The zero-order valence-electron chi connectivity index (χ0n) is 21.2. The molecule has 2 aromatic carbocycles. The third kappa shape index (κ3) is 6.62. The van der Waals surface area contributed by atoms with Crippen LogP contribution in [0.2, 0.25) is 0 Å². The third-order valence-electron chi connectivity index (χ3n) is 6.47. The van der Waals surface area contributed by atoms with Gasteiger partial charge in [-0.05, 0) is 74.0 Å². The van der Waals surface area contributed by atoms with E-state index in [1.165, 1.54) is 12.1 Å². The molecule has 0 aliphatic carbocycles. The van der Waals surface area contributed by atoms with Gasteiger partial charge in [-0.15, -0.1) is 13.2 Å². The number of nitrogens with zero attached hydrogens (tertiary/aromatic N) is 1. The fourth-order valence-corrected chi connectivity index (χ4v) is 4.71. The smallest absolute Gasteiger partial charge is 0.493 e. The number of hydrogen-bond donors (Lipinski definition) is 2. The van der Waals surface area contributed by atoms with Crippen molar-refractivity contribution in [2.75, 3.05) is 52.4 Å². The van der Waals surface area contributed by atoms with Crippen LogP contribution < -0.4 is 34.5 Å². The van der Waals surface area contributed by atoms with Crippen LogP contribution in [0.1, 0.15) is 18.4 Å². The van der Waals surface area contributed by atoms with Crippen molar-refractivity contribution in [2.24, 2.45) is 0 Å². The van der Waals surface area contributed by atoms with Gasteiger partial charge in [0, 0.05) is 36.1 Å². The lowest BCUT2D eigenvalue weighted by molar-refractivity contribution is -0.274. The molecule has 0 radical (unpaired) electrons. The summed E-state index contributed by atoms with van der Waals surface area (Å²) in [6, 6.07) is 10.2. The number of halogens is 3.